The fourth-order valence-electron chi connectivity index (χ4n) is 2.08. The zero-order valence-corrected chi connectivity index (χ0v) is 10.7. The number of carbonyl (C=O) groups excluding carboxylic acids is 1. The van der Waals surface area contributed by atoms with Crippen molar-refractivity contribution < 1.29 is 9.18 Å². The normalized spacial score (nSPS) is 14.8. The van der Waals surface area contributed by atoms with Crippen LogP contribution in [0.3, 0.4) is 0 Å². The quantitative estimate of drug-likeness (QED) is 0.838. The first kappa shape index (κ1) is 13.0. The van der Waals surface area contributed by atoms with Gasteiger partial charge in [-0.1, -0.05) is 13.0 Å². The molecule has 1 saturated carbocycles. The molecule has 2 rings (SSSR count). The minimum absolute atomic E-state index is 0.207. The third-order valence-corrected chi connectivity index (χ3v) is 3.24. The molecular formula is C14H19FN2O. The summed E-state index contributed by atoms with van der Waals surface area (Å²) >= 11 is 0. The third kappa shape index (κ3) is 3.53. The topological polar surface area (TPSA) is 32.3 Å². The number of benzene rings is 1. The summed E-state index contributed by atoms with van der Waals surface area (Å²) in [7, 11) is 0. The number of amides is 1. The van der Waals surface area contributed by atoms with Gasteiger partial charge in [0.25, 0.3) is 5.91 Å². The zero-order chi connectivity index (χ0) is 13.0. The summed E-state index contributed by atoms with van der Waals surface area (Å²) in [6, 6.07) is 6.47. The Bertz CT molecular complexity index is 418. The van der Waals surface area contributed by atoms with Crippen LogP contribution in [0.2, 0.25) is 0 Å². The fourth-order valence-corrected chi connectivity index (χ4v) is 2.08. The van der Waals surface area contributed by atoms with E-state index in [2.05, 4.69) is 17.1 Å². The molecule has 1 aromatic rings. The van der Waals surface area contributed by atoms with Gasteiger partial charge in [-0.15, -0.1) is 0 Å². The van der Waals surface area contributed by atoms with E-state index in [1.165, 1.54) is 25.0 Å². The van der Waals surface area contributed by atoms with E-state index in [1.54, 1.807) is 12.1 Å². The van der Waals surface area contributed by atoms with Gasteiger partial charge in [0.2, 0.25) is 0 Å². The van der Waals surface area contributed by atoms with E-state index in [4.69, 9.17) is 0 Å². The average molecular weight is 250 g/mol. The summed E-state index contributed by atoms with van der Waals surface area (Å²) in [6.45, 7) is 4.62. The van der Waals surface area contributed by atoms with Gasteiger partial charge in [-0.05, 0) is 37.6 Å². The first-order valence-electron chi connectivity index (χ1n) is 6.48. The third-order valence-electron chi connectivity index (χ3n) is 3.24. The van der Waals surface area contributed by atoms with Crippen LogP contribution in [-0.2, 0) is 0 Å². The molecule has 0 atom stereocenters. The van der Waals surface area contributed by atoms with Crippen molar-refractivity contribution in [3.63, 3.8) is 0 Å². The largest absolute Gasteiger partial charge is 0.351 e. The van der Waals surface area contributed by atoms with Gasteiger partial charge in [-0.25, -0.2) is 4.39 Å². The number of halogens is 1. The molecule has 1 aliphatic rings. The van der Waals surface area contributed by atoms with Gasteiger partial charge in [0.1, 0.15) is 5.82 Å². The van der Waals surface area contributed by atoms with Crippen LogP contribution >= 0.6 is 0 Å². The molecule has 0 aromatic heterocycles. The highest BCUT2D eigenvalue weighted by Gasteiger charge is 2.27. The van der Waals surface area contributed by atoms with E-state index in [0.717, 1.165) is 13.1 Å². The van der Waals surface area contributed by atoms with Gasteiger partial charge in [0, 0.05) is 24.7 Å². The molecule has 4 heteroatoms. The van der Waals surface area contributed by atoms with Crippen LogP contribution in [0.4, 0.5) is 4.39 Å². The summed E-state index contributed by atoms with van der Waals surface area (Å²) in [5, 5.41) is 2.83. The zero-order valence-electron chi connectivity index (χ0n) is 10.7. The van der Waals surface area contributed by atoms with Gasteiger partial charge in [-0.2, -0.15) is 0 Å². The molecule has 0 aliphatic heterocycles. The second-order valence-electron chi connectivity index (χ2n) is 4.63. The molecule has 0 spiro atoms. The fraction of sp³-hybridized carbons (Fsp3) is 0.500. The molecule has 98 valence electrons. The molecule has 1 N–H and O–H groups in total. The summed E-state index contributed by atoms with van der Waals surface area (Å²) in [6.07, 6.45) is 2.54. The molecule has 1 aromatic carbocycles. The van der Waals surface area contributed by atoms with E-state index in [9.17, 15) is 9.18 Å². The molecule has 0 bridgehead atoms. The second-order valence-corrected chi connectivity index (χ2v) is 4.63. The number of nitrogens with one attached hydrogen (secondary N) is 1. The van der Waals surface area contributed by atoms with Crippen molar-refractivity contribution in [1.29, 1.82) is 0 Å². The van der Waals surface area contributed by atoms with Crippen molar-refractivity contribution in [3.8, 4) is 0 Å². The minimum atomic E-state index is -0.379. The van der Waals surface area contributed by atoms with E-state index < -0.39 is 0 Å². The SMILES string of the molecule is CCN(CCNC(=O)c1cccc(F)c1)C1CC1. The first-order chi connectivity index (χ1) is 8.70. The Balaban J connectivity index is 1.77. The van der Waals surface area contributed by atoms with Crippen molar-refractivity contribution in [3.05, 3.63) is 35.6 Å². The number of likely N-dealkylation sites (N-methyl/N-ethyl adjacent to an activating group) is 1. The second kappa shape index (κ2) is 5.96. The first-order valence-corrected chi connectivity index (χ1v) is 6.48. The standard InChI is InChI=1S/C14H19FN2O/c1-2-17(13-6-7-13)9-8-16-14(18)11-4-3-5-12(15)10-11/h3-5,10,13H,2,6-9H2,1H3,(H,16,18). The van der Waals surface area contributed by atoms with Crippen LogP contribution in [0.15, 0.2) is 24.3 Å². The van der Waals surface area contributed by atoms with Gasteiger partial charge < -0.3 is 5.32 Å². The molecule has 0 saturated heterocycles. The van der Waals surface area contributed by atoms with Gasteiger partial charge in [0.05, 0.1) is 0 Å². The Morgan fingerprint density at radius 3 is 2.89 bits per heavy atom. The Morgan fingerprint density at radius 2 is 2.28 bits per heavy atom. The lowest BCUT2D eigenvalue weighted by Gasteiger charge is -2.19. The minimum Gasteiger partial charge on any atom is -0.351 e. The maximum atomic E-state index is 13.0. The number of carbonyl (C=O) groups is 1. The molecule has 1 aliphatic carbocycles. The number of hydrogen-bond acceptors (Lipinski definition) is 2. The number of hydrogen-bond donors (Lipinski definition) is 1. The molecule has 18 heavy (non-hydrogen) atoms. The highest BCUT2D eigenvalue weighted by atomic mass is 19.1. The Labute approximate surface area is 107 Å². The highest BCUT2D eigenvalue weighted by Crippen LogP contribution is 2.25. The van der Waals surface area contributed by atoms with Gasteiger partial charge in [-0.3, -0.25) is 9.69 Å². The lowest BCUT2D eigenvalue weighted by atomic mass is 10.2. The maximum absolute atomic E-state index is 13.0. The van der Waals surface area contributed by atoms with Crippen LogP contribution in [0, 0.1) is 5.82 Å². The molecule has 0 radical (unpaired) electrons. The van der Waals surface area contributed by atoms with E-state index >= 15 is 0 Å². The van der Waals surface area contributed by atoms with E-state index in [0.29, 0.717) is 18.2 Å². The van der Waals surface area contributed by atoms with Crippen molar-refractivity contribution >= 4 is 5.91 Å². The van der Waals surface area contributed by atoms with Crippen LogP contribution in [0.25, 0.3) is 0 Å². The molecule has 1 fully saturated rings. The molecule has 3 nitrogen and oxygen atoms in total. The monoisotopic (exact) mass is 250 g/mol. The summed E-state index contributed by atoms with van der Waals surface area (Å²) in [5.74, 6) is -0.586. The van der Waals surface area contributed by atoms with Gasteiger partial charge in [0.15, 0.2) is 0 Å². The van der Waals surface area contributed by atoms with Crippen LogP contribution < -0.4 is 5.32 Å². The van der Waals surface area contributed by atoms with Crippen molar-refractivity contribution in [2.45, 2.75) is 25.8 Å². The number of nitrogens with zero attached hydrogens (tertiary/aromatic N) is 1. The van der Waals surface area contributed by atoms with Crippen LogP contribution in [0.1, 0.15) is 30.1 Å². The molecular weight excluding hydrogens is 231 g/mol. The van der Waals surface area contributed by atoms with Crippen molar-refractivity contribution in [1.82, 2.24) is 10.2 Å². The summed E-state index contributed by atoms with van der Waals surface area (Å²) in [5.41, 5.74) is 0.379. The molecule has 0 unspecified atom stereocenters. The van der Waals surface area contributed by atoms with E-state index in [1.807, 2.05) is 0 Å². The van der Waals surface area contributed by atoms with Crippen LogP contribution in [-0.4, -0.2) is 36.5 Å². The summed E-state index contributed by atoms with van der Waals surface area (Å²) < 4.78 is 13.0. The van der Waals surface area contributed by atoms with Crippen molar-refractivity contribution in [2.24, 2.45) is 0 Å². The highest BCUT2D eigenvalue weighted by molar-refractivity contribution is 5.94. The van der Waals surface area contributed by atoms with Crippen LogP contribution in [0.5, 0.6) is 0 Å². The average Bonchev–Trinajstić information content (AvgIpc) is 3.18. The van der Waals surface area contributed by atoms with E-state index in [-0.39, 0.29) is 11.7 Å². The molecule has 1 amide bonds. The Hall–Kier alpha value is -1.42. The Morgan fingerprint density at radius 1 is 1.50 bits per heavy atom. The predicted molar refractivity (Wildman–Crippen MR) is 69.0 cm³/mol. The van der Waals surface area contributed by atoms with Gasteiger partial charge >= 0.3 is 0 Å². The smallest absolute Gasteiger partial charge is 0.251 e. The maximum Gasteiger partial charge on any atom is 0.251 e. The van der Waals surface area contributed by atoms with Crippen molar-refractivity contribution in [2.75, 3.05) is 19.6 Å². The lowest BCUT2D eigenvalue weighted by molar-refractivity contribution is 0.0947. The molecule has 0 heterocycles. The lowest BCUT2D eigenvalue weighted by Crippen LogP contribution is -2.36. The number of rotatable bonds is 6. The Kier molecular flexibility index (Phi) is 4.31. The summed E-state index contributed by atoms with van der Waals surface area (Å²) in [4.78, 5) is 14.1. The predicted octanol–water partition coefficient (Wildman–Crippen LogP) is 2.04.